The molecule has 96 valence electrons. The molecule has 1 heterocycles. The molecule has 19 heavy (non-hydrogen) atoms. The summed E-state index contributed by atoms with van der Waals surface area (Å²) in [5, 5.41) is 1.34. The summed E-state index contributed by atoms with van der Waals surface area (Å²) in [6, 6.07) is 19.4. The lowest BCUT2D eigenvalue weighted by molar-refractivity contribution is 0.807. The number of thioether (sulfide) groups is 1. The third-order valence-electron chi connectivity index (χ3n) is 3.27. The van der Waals surface area contributed by atoms with E-state index in [0.29, 0.717) is 0 Å². The monoisotopic (exact) mass is 267 g/mol. The molecule has 0 amide bonds. The van der Waals surface area contributed by atoms with Gasteiger partial charge in [0.05, 0.1) is 0 Å². The molecule has 0 atom stereocenters. The van der Waals surface area contributed by atoms with Gasteiger partial charge in [-0.05, 0) is 42.6 Å². The van der Waals surface area contributed by atoms with E-state index in [1.807, 2.05) is 11.8 Å². The van der Waals surface area contributed by atoms with Gasteiger partial charge in [-0.1, -0.05) is 29.8 Å². The molecular weight excluding hydrogens is 250 g/mol. The quantitative estimate of drug-likeness (QED) is 0.618. The predicted molar refractivity (Wildman–Crippen MR) is 83.8 cm³/mol. The van der Waals surface area contributed by atoms with Crippen molar-refractivity contribution in [1.29, 1.82) is 0 Å². The Kier molecular flexibility index (Phi) is 3.60. The Bertz CT molecular complexity index is 670. The third-order valence-corrected chi connectivity index (χ3v) is 4.26. The summed E-state index contributed by atoms with van der Waals surface area (Å²) in [4.78, 5) is 1.34. The summed E-state index contributed by atoms with van der Waals surface area (Å²) in [5.41, 5.74) is 2.66. The van der Waals surface area contributed by atoms with Crippen molar-refractivity contribution in [2.75, 3.05) is 5.75 Å². The van der Waals surface area contributed by atoms with Gasteiger partial charge in [0.1, 0.15) is 0 Å². The maximum atomic E-state index is 2.34. The SMILES string of the molecule is Cc1ccc2c(ccn2CCSc2ccccc2)c1. The molecule has 0 radical (unpaired) electrons. The van der Waals surface area contributed by atoms with Gasteiger partial charge in [0, 0.05) is 28.9 Å². The normalized spacial score (nSPS) is 11.0. The Morgan fingerprint density at radius 2 is 1.84 bits per heavy atom. The van der Waals surface area contributed by atoms with E-state index < -0.39 is 0 Å². The van der Waals surface area contributed by atoms with Crippen LogP contribution in [0.1, 0.15) is 5.56 Å². The van der Waals surface area contributed by atoms with Crippen LogP contribution in [-0.2, 0) is 6.54 Å². The Balaban J connectivity index is 1.69. The number of aryl methyl sites for hydroxylation is 2. The van der Waals surface area contributed by atoms with Gasteiger partial charge in [0.2, 0.25) is 0 Å². The molecule has 1 aromatic heterocycles. The van der Waals surface area contributed by atoms with Gasteiger partial charge in [0.25, 0.3) is 0 Å². The van der Waals surface area contributed by atoms with Crippen molar-refractivity contribution in [3.63, 3.8) is 0 Å². The van der Waals surface area contributed by atoms with Crippen LogP contribution in [0, 0.1) is 6.92 Å². The molecule has 3 rings (SSSR count). The molecule has 0 bridgehead atoms. The van der Waals surface area contributed by atoms with E-state index in [1.165, 1.54) is 21.4 Å². The van der Waals surface area contributed by atoms with Gasteiger partial charge in [-0.15, -0.1) is 11.8 Å². The van der Waals surface area contributed by atoms with Crippen molar-refractivity contribution in [2.24, 2.45) is 0 Å². The van der Waals surface area contributed by atoms with E-state index in [-0.39, 0.29) is 0 Å². The minimum absolute atomic E-state index is 1.05. The van der Waals surface area contributed by atoms with Crippen molar-refractivity contribution in [2.45, 2.75) is 18.4 Å². The van der Waals surface area contributed by atoms with Crippen LogP contribution in [0.2, 0.25) is 0 Å². The van der Waals surface area contributed by atoms with Crippen molar-refractivity contribution >= 4 is 22.7 Å². The first-order chi connectivity index (χ1) is 9.33. The lowest BCUT2D eigenvalue weighted by Gasteiger charge is -2.06. The fourth-order valence-electron chi connectivity index (χ4n) is 2.29. The molecule has 0 aliphatic rings. The lowest BCUT2D eigenvalue weighted by atomic mass is 10.2. The maximum absolute atomic E-state index is 2.34. The highest BCUT2D eigenvalue weighted by Gasteiger charge is 2.01. The summed E-state index contributed by atoms with van der Waals surface area (Å²) in [6.45, 7) is 3.19. The van der Waals surface area contributed by atoms with Crippen LogP contribution in [0.15, 0.2) is 65.7 Å². The van der Waals surface area contributed by atoms with E-state index >= 15 is 0 Å². The zero-order chi connectivity index (χ0) is 13.1. The largest absolute Gasteiger partial charge is 0.347 e. The molecule has 3 aromatic rings. The van der Waals surface area contributed by atoms with Gasteiger partial charge in [-0.3, -0.25) is 0 Å². The van der Waals surface area contributed by atoms with E-state index in [4.69, 9.17) is 0 Å². The van der Waals surface area contributed by atoms with Crippen LogP contribution >= 0.6 is 11.8 Å². The molecule has 2 aromatic carbocycles. The fraction of sp³-hybridized carbons (Fsp3) is 0.176. The van der Waals surface area contributed by atoms with E-state index in [0.717, 1.165) is 12.3 Å². The summed E-state index contributed by atoms with van der Waals surface area (Å²) < 4.78 is 2.34. The van der Waals surface area contributed by atoms with Crippen molar-refractivity contribution in [1.82, 2.24) is 4.57 Å². The highest BCUT2D eigenvalue weighted by Crippen LogP contribution is 2.20. The highest BCUT2D eigenvalue weighted by molar-refractivity contribution is 7.99. The molecule has 2 heteroatoms. The van der Waals surface area contributed by atoms with E-state index in [1.54, 1.807) is 0 Å². The number of nitrogens with zero attached hydrogens (tertiary/aromatic N) is 1. The van der Waals surface area contributed by atoms with Crippen molar-refractivity contribution in [3.8, 4) is 0 Å². The van der Waals surface area contributed by atoms with Crippen LogP contribution < -0.4 is 0 Å². The van der Waals surface area contributed by atoms with Crippen molar-refractivity contribution < 1.29 is 0 Å². The van der Waals surface area contributed by atoms with E-state index in [2.05, 4.69) is 72.3 Å². The molecule has 0 aliphatic heterocycles. The standard InChI is InChI=1S/C17H17NS/c1-14-7-8-17-15(13-14)9-10-18(17)11-12-19-16-5-3-2-4-6-16/h2-10,13H,11-12H2,1H3. The smallest absolute Gasteiger partial charge is 0.0480 e. The molecule has 0 spiro atoms. The number of hydrogen-bond acceptors (Lipinski definition) is 1. The lowest BCUT2D eigenvalue weighted by Crippen LogP contribution is -1.98. The Morgan fingerprint density at radius 1 is 1.00 bits per heavy atom. The molecule has 0 aliphatic carbocycles. The van der Waals surface area contributed by atoms with Crippen LogP contribution in [0.5, 0.6) is 0 Å². The second-order valence-electron chi connectivity index (χ2n) is 4.73. The second kappa shape index (κ2) is 5.54. The molecule has 0 unspecified atom stereocenters. The number of hydrogen-bond donors (Lipinski definition) is 0. The fourth-order valence-corrected chi connectivity index (χ4v) is 3.17. The number of rotatable bonds is 4. The first-order valence-electron chi connectivity index (χ1n) is 6.56. The summed E-state index contributed by atoms with van der Waals surface area (Å²) in [7, 11) is 0. The minimum Gasteiger partial charge on any atom is -0.347 e. The van der Waals surface area contributed by atoms with E-state index in [9.17, 15) is 0 Å². The summed E-state index contributed by atoms with van der Waals surface area (Å²) in [6.07, 6.45) is 2.19. The Hall–Kier alpha value is -1.67. The first kappa shape index (κ1) is 12.4. The van der Waals surface area contributed by atoms with Crippen LogP contribution in [0.3, 0.4) is 0 Å². The Labute approximate surface area is 118 Å². The van der Waals surface area contributed by atoms with Gasteiger partial charge >= 0.3 is 0 Å². The molecule has 0 fully saturated rings. The average molecular weight is 267 g/mol. The molecule has 1 nitrogen and oxygen atoms in total. The predicted octanol–water partition coefficient (Wildman–Crippen LogP) is 4.74. The topological polar surface area (TPSA) is 4.93 Å². The van der Waals surface area contributed by atoms with Crippen LogP contribution in [-0.4, -0.2) is 10.3 Å². The summed E-state index contributed by atoms with van der Waals surface area (Å²) in [5.74, 6) is 1.10. The number of aromatic nitrogens is 1. The second-order valence-corrected chi connectivity index (χ2v) is 5.90. The number of benzene rings is 2. The number of fused-ring (bicyclic) bond motifs is 1. The molecule has 0 saturated carbocycles. The zero-order valence-electron chi connectivity index (χ0n) is 11.0. The average Bonchev–Trinajstić information content (AvgIpc) is 2.82. The minimum atomic E-state index is 1.05. The van der Waals surface area contributed by atoms with Gasteiger partial charge in [-0.25, -0.2) is 0 Å². The van der Waals surface area contributed by atoms with Gasteiger partial charge in [0.15, 0.2) is 0 Å². The highest BCUT2D eigenvalue weighted by atomic mass is 32.2. The van der Waals surface area contributed by atoms with Gasteiger partial charge in [-0.2, -0.15) is 0 Å². The molecule has 0 N–H and O–H groups in total. The van der Waals surface area contributed by atoms with Crippen LogP contribution in [0.4, 0.5) is 0 Å². The third kappa shape index (κ3) is 2.85. The summed E-state index contributed by atoms with van der Waals surface area (Å²) >= 11 is 1.91. The van der Waals surface area contributed by atoms with Crippen molar-refractivity contribution in [3.05, 3.63) is 66.4 Å². The zero-order valence-corrected chi connectivity index (χ0v) is 11.9. The Morgan fingerprint density at radius 3 is 2.68 bits per heavy atom. The van der Waals surface area contributed by atoms with Gasteiger partial charge < -0.3 is 4.57 Å². The van der Waals surface area contributed by atoms with Crippen LogP contribution in [0.25, 0.3) is 10.9 Å². The molecule has 0 saturated heterocycles. The maximum Gasteiger partial charge on any atom is 0.0480 e. The first-order valence-corrected chi connectivity index (χ1v) is 7.55. The molecular formula is C17H17NS.